The first-order valence-corrected chi connectivity index (χ1v) is 5.42. The van der Waals surface area contributed by atoms with E-state index in [2.05, 4.69) is 13.8 Å². The molecule has 0 aliphatic rings. The van der Waals surface area contributed by atoms with Crippen molar-refractivity contribution in [3.63, 3.8) is 0 Å². The normalized spacial score (nSPS) is 12.1. The second-order valence-electron chi connectivity index (χ2n) is 3.86. The summed E-state index contributed by atoms with van der Waals surface area (Å²) in [5.74, 6) is 0.311. The molecule has 0 unspecified atom stereocenters. The first-order valence-electron chi connectivity index (χ1n) is 5.42. The molecule has 1 rings (SSSR count). The van der Waals surface area contributed by atoms with Gasteiger partial charge < -0.3 is 4.74 Å². The van der Waals surface area contributed by atoms with Crippen LogP contribution in [0.15, 0.2) is 30.3 Å². The van der Waals surface area contributed by atoms with E-state index in [1.54, 1.807) is 0 Å². The molecule has 0 saturated carbocycles. The molecule has 2 nitrogen and oxygen atoms in total. The monoisotopic (exact) mass is 206 g/mol. The molecule has 0 aromatic heterocycles. The minimum Gasteiger partial charge on any atom is -0.465 e. The summed E-state index contributed by atoms with van der Waals surface area (Å²) in [5.41, 5.74) is 1.01. The van der Waals surface area contributed by atoms with Crippen LogP contribution >= 0.6 is 0 Å². The number of hydrogen-bond acceptors (Lipinski definition) is 2. The van der Waals surface area contributed by atoms with E-state index in [0.717, 1.165) is 12.0 Å². The number of rotatable bonds is 5. The molecule has 0 heterocycles. The van der Waals surface area contributed by atoms with Gasteiger partial charge in [-0.15, -0.1) is 0 Å². The minimum absolute atomic E-state index is 0.137. The number of ether oxygens (including phenoxy) is 1. The first kappa shape index (κ1) is 11.8. The van der Waals surface area contributed by atoms with Crippen LogP contribution < -0.4 is 0 Å². The molecule has 0 fully saturated rings. The number of benzene rings is 1. The predicted octanol–water partition coefficient (Wildman–Crippen LogP) is 2.82. The Morgan fingerprint density at radius 1 is 1.33 bits per heavy atom. The molecular formula is C13H18O2. The van der Waals surface area contributed by atoms with E-state index in [0.29, 0.717) is 18.9 Å². The topological polar surface area (TPSA) is 26.3 Å². The smallest absolute Gasteiger partial charge is 0.310 e. The summed E-state index contributed by atoms with van der Waals surface area (Å²) in [6.45, 7) is 4.70. The van der Waals surface area contributed by atoms with Crippen LogP contribution in [0.1, 0.15) is 25.8 Å². The second-order valence-corrected chi connectivity index (χ2v) is 3.86. The molecule has 0 N–H and O–H groups in total. The van der Waals surface area contributed by atoms with Gasteiger partial charge >= 0.3 is 5.97 Å². The van der Waals surface area contributed by atoms with Crippen LogP contribution in [0.2, 0.25) is 0 Å². The molecule has 0 bridgehead atoms. The van der Waals surface area contributed by atoms with E-state index in [4.69, 9.17) is 4.74 Å². The Labute approximate surface area is 91.3 Å². The van der Waals surface area contributed by atoms with Crippen molar-refractivity contribution in [1.29, 1.82) is 0 Å². The number of hydrogen-bond donors (Lipinski definition) is 0. The molecule has 15 heavy (non-hydrogen) atoms. The summed E-state index contributed by atoms with van der Waals surface area (Å²) >= 11 is 0. The van der Waals surface area contributed by atoms with Gasteiger partial charge in [-0.3, -0.25) is 4.79 Å². The summed E-state index contributed by atoms with van der Waals surface area (Å²) in [6.07, 6.45) is 1.41. The van der Waals surface area contributed by atoms with Gasteiger partial charge in [0, 0.05) is 0 Å². The van der Waals surface area contributed by atoms with Crippen molar-refractivity contribution in [2.24, 2.45) is 5.92 Å². The average molecular weight is 206 g/mol. The second kappa shape index (κ2) is 6.23. The summed E-state index contributed by atoms with van der Waals surface area (Å²) in [5, 5.41) is 0. The Kier molecular flexibility index (Phi) is 4.88. The number of carbonyl (C=O) groups is 1. The first-order chi connectivity index (χ1) is 7.22. The fraction of sp³-hybridized carbons (Fsp3) is 0.462. The zero-order valence-corrected chi connectivity index (χ0v) is 9.40. The molecule has 1 aromatic rings. The van der Waals surface area contributed by atoms with Gasteiger partial charge in [-0.05, 0) is 11.5 Å². The average Bonchev–Trinajstić information content (AvgIpc) is 2.27. The van der Waals surface area contributed by atoms with Crippen molar-refractivity contribution in [2.45, 2.75) is 26.7 Å². The van der Waals surface area contributed by atoms with E-state index >= 15 is 0 Å². The highest BCUT2D eigenvalue weighted by atomic mass is 16.5. The molecule has 82 valence electrons. The maximum Gasteiger partial charge on any atom is 0.310 e. The molecule has 1 atom stereocenters. The van der Waals surface area contributed by atoms with E-state index in [1.165, 1.54) is 0 Å². The SMILES string of the molecule is CC[C@@H](C)COC(=O)Cc1ccccc1. The van der Waals surface area contributed by atoms with Crippen molar-refractivity contribution in [1.82, 2.24) is 0 Å². The third kappa shape index (κ3) is 4.63. The van der Waals surface area contributed by atoms with Crippen molar-refractivity contribution in [3.05, 3.63) is 35.9 Å². The summed E-state index contributed by atoms with van der Waals surface area (Å²) < 4.78 is 5.16. The van der Waals surface area contributed by atoms with Gasteiger partial charge in [0.05, 0.1) is 13.0 Å². The molecule has 2 heteroatoms. The maximum atomic E-state index is 11.4. The maximum absolute atomic E-state index is 11.4. The lowest BCUT2D eigenvalue weighted by atomic mass is 10.1. The highest BCUT2D eigenvalue weighted by molar-refractivity contribution is 5.72. The third-order valence-electron chi connectivity index (χ3n) is 2.42. The molecule has 0 aliphatic carbocycles. The van der Waals surface area contributed by atoms with Crippen LogP contribution in [0.5, 0.6) is 0 Å². The van der Waals surface area contributed by atoms with Gasteiger partial charge in [0.15, 0.2) is 0 Å². The molecule has 0 saturated heterocycles. The van der Waals surface area contributed by atoms with Crippen LogP contribution in [0.25, 0.3) is 0 Å². The van der Waals surface area contributed by atoms with E-state index in [1.807, 2.05) is 30.3 Å². The Balaban J connectivity index is 2.31. The molecule has 0 radical (unpaired) electrons. The van der Waals surface area contributed by atoms with Crippen molar-refractivity contribution < 1.29 is 9.53 Å². The standard InChI is InChI=1S/C13H18O2/c1-3-11(2)10-15-13(14)9-12-7-5-4-6-8-12/h4-8,11H,3,9-10H2,1-2H3/t11-/m1/s1. The van der Waals surface area contributed by atoms with E-state index in [-0.39, 0.29) is 5.97 Å². The molecule has 0 spiro atoms. The molecule has 0 aliphatic heterocycles. The Morgan fingerprint density at radius 3 is 2.60 bits per heavy atom. The predicted molar refractivity (Wildman–Crippen MR) is 60.6 cm³/mol. The Hall–Kier alpha value is -1.31. The van der Waals surface area contributed by atoms with Gasteiger partial charge in [-0.25, -0.2) is 0 Å². The van der Waals surface area contributed by atoms with Gasteiger partial charge in [-0.1, -0.05) is 50.6 Å². The molecule has 1 aromatic carbocycles. The zero-order valence-electron chi connectivity index (χ0n) is 9.40. The summed E-state index contributed by atoms with van der Waals surface area (Å²) in [7, 11) is 0. The molecular weight excluding hydrogens is 188 g/mol. The van der Waals surface area contributed by atoms with Crippen LogP contribution in [-0.4, -0.2) is 12.6 Å². The summed E-state index contributed by atoms with van der Waals surface area (Å²) in [6, 6.07) is 9.66. The van der Waals surface area contributed by atoms with E-state index in [9.17, 15) is 4.79 Å². The van der Waals surface area contributed by atoms with Gasteiger partial charge in [0.25, 0.3) is 0 Å². The fourth-order valence-electron chi connectivity index (χ4n) is 1.17. The third-order valence-corrected chi connectivity index (χ3v) is 2.42. The lowest BCUT2D eigenvalue weighted by molar-refractivity contribution is -0.144. The van der Waals surface area contributed by atoms with Crippen molar-refractivity contribution in [2.75, 3.05) is 6.61 Å². The highest BCUT2D eigenvalue weighted by Gasteiger charge is 2.06. The van der Waals surface area contributed by atoms with Crippen LogP contribution in [0.3, 0.4) is 0 Å². The lowest BCUT2D eigenvalue weighted by Crippen LogP contribution is -2.13. The van der Waals surface area contributed by atoms with Gasteiger partial charge in [0.2, 0.25) is 0 Å². The quantitative estimate of drug-likeness (QED) is 0.692. The van der Waals surface area contributed by atoms with Crippen molar-refractivity contribution in [3.8, 4) is 0 Å². The van der Waals surface area contributed by atoms with Crippen molar-refractivity contribution >= 4 is 5.97 Å². The molecule has 0 amide bonds. The lowest BCUT2D eigenvalue weighted by Gasteiger charge is -2.09. The van der Waals surface area contributed by atoms with Crippen LogP contribution in [0.4, 0.5) is 0 Å². The number of esters is 1. The Bertz CT molecular complexity index is 293. The summed E-state index contributed by atoms with van der Waals surface area (Å²) in [4.78, 5) is 11.4. The van der Waals surface area contributed by atoms with Crippen LogP contribution in [-0.2, 0) is 16.0 Å². The highest BCUT2D eigenvalue weighted by Crippen LogP contribution is 2.04. The van der Waals surface area contributed by atoms with Gasteiger partial charge in [-0.2, -0.15) is 0 Å². The minimum atomic E-state index is -0.137. The zero-order chi connectivity index (χ0) is 11.1. The van der Waals surface area contributed by atoms with Crippen LogP contribution in [0, 0.1) is 5.92 Å². The largest absolute Gasteiger partial charge is 0.465 e. The van der Waals surface area contributed by atoms with E-state index < -0.39 is 0 Å². The fourth-order valence-corrected chi connectivity index (χ4v) is 1.17. The Morgan fingerprint density at radius 2 is 2.00 bits per heavy atom. The van der Waals surface area contributed by atoms with Gasteiger partial charge in [0.1, 0.15) is 0 Å². The number of carbonyl (C=O) groups excluding carboxylic acids is 1.